The Hall–Kier alpha value is -1.88. The second-order valence-corrected chi connectivity index (χ2v) is 4.75. The van der Waals surface area contributed by atoms with Crippen LogP contribution in [0.25, 0.3) is 5.69 Å². The minimum absolute atomic E-state index is 0.316. The number of nitrogens with zero attached hydrogens (tertiary/aromatic N) is 1. The summed E-state index contributed by atoms with van der Waals surface area (Å²) in [6.45, 7) is 2.56. The van der Waals surface area contributed by atoms with Crippen LogP contribution >= 0.6 is 0 Å². The number of hydrogen-bond donors (Lipinski definition) is 2. The van der Waals surface area contributed by atoms with Gasteiger partial charge in [-0.25, -0.2) is 4.79 Å². The van der Waals surface area contributed by atoms with Crippen molar-refractivity contribution < 1.29 is 9.20 Å². The lowest BCUT2D eigenvalue weighted by Crippen LogP contribution is -2.41. The van der Waals surface area contributed by atoms with E-state index in [9.17, 15) is 4.79 Å². The highest BCUT2D eigenvalue weighted by Gasteiger charge is 2.27. The van der Waals surface area contributed by atoms with Crippen LogP contribution in [0.4, 0.5) is 0 Å². The second kappa shape index (κ2) is 4.42. The highest BCUT2D eigenvalue weighted by Crippen LogP contribution is 2.18. The zero-order chi connectivity index (χ0) is 12.5. The SMILES string of the molecule is Cc1ccc(-[n+]2[nH]oc(=O)c2CNC2CC2)cc1. The summed E-state index contributed by atoms with van der Waals surface area (Å²) in [4.78, 5) is 11.7. The molecule has 2 N–H and O–H groups in total. The smallest absolute Gasteiger partial charge is 0.304 e. The average Bonchev–Trinajstić information content (AvgIpc) is 3.12. The second-order valence-electron chi connectivity index (χ2n) is 4.75. The summed E-state index contributed by atoms with van der Waals surface area (Å²) in [5, 5.41) is 5.96. The molecule has 0 saturated heterocycles. The molecule has 1 aromatic heterocycles. The molecule has 0 amide bonds. The van der Waals surface area contributed by atoms with Gasteiger partial charge >= 0.3 is 11.3 Å². The molecule has 0 atom stereocenters. The number of rotatable bonds is 4. The van der Waals surface area contributed by atoms with E-state index < -0.39 is 0 Å². The Morgan fingerprint density at radius 1 is 1.39 bits per heavy atom. The van der Waals surface area contributed by atoms with Gasteiger partial charge < -0.3 is 5.32 Å². The molecule has 1 heterocycles. The van der Waals surface area contributed by atoms with Crippen LogP contribution in [0.15, 0.2) is 33.6 Å². The highest BCUT2D eigenvalue weighted by molar-refractivity contribution is 5.26. The lowest BCUT2D eigenvalue weighted by atomic mass is 10.2. The van der Waals surface area contributed by atoms with Gasteiger partial charge in [0.25, 0.3) is 0 Å². The van der Waals surface area contributed by atoms with Gasteiger partial charge in [0.2, 0.25) is 5.69 Å². The maximum absolute atomic E-state index is 11.7. The number of aromatic nitrogens is 2. The third-order valence-corrected chi connectivity index (χ3v) is 3.16. The lowest BCUT2D eigenvalue weighted by molar-refractivity contribution is -0.677. The van der Waals surface area contributed by atoms with E-state index in [0.717, 1.165) is 5.69 Å². The molecule has 3 rings (SSSR count). The van der Waals surface area contributed by atoms with Crippen molar-refractivity contribution in [2.45, 2.75) is 32.4 Å². The van der Waals surface area contributed by atoms with Crippen molar-refractivity contribution >= 4 is 0 Å². The van der Waals surface area contributed by atoms with E-state index in [1.807, 2.05) is 31.2 Å². The highest BCUT2D eigenvalue weighted by atomic mass is 16.5. The Bertz CT molecular complexity index is 593. The Balaban J connectivity index is 1.90. The number of aryl methyl sites for hydroxylation is 1. The summed E-state index contributed by atoms with van der Waals surface area (Å²) in [6.07, 6.45) is 2.39. The molecule has 18 heavy (non-hydrogen) atoms. The molecule has 1 aromatic carbocycles. The molecule has 1 fully saturated rings. The first-order valence-electron chi connectivity index (χ1n) is 6.17. The van der Waals surface area contributed by atoms with Crippen molar-refractivity contribution in [1.82, 2.24) is 10.6 Å². The molecule has 5 heteroatoms. The topological polar surface area (TPSA) is 61.9 Å². The van der Waals surface area contributed by atoms with Crippen molar-refractivity contribution in [3.8, 4) is 5.69 Å². The normalized spacial score (nSPS) is 14.9. The van der Waals surface area contributed by atoms with Gasteiger partial charge in [-0.2, -0.15) is 0 Å². The number of benzene rings is 1. The van der Waals surface area contributed by atoms with E-state index in [0.29, 0.717) is 18.3 Å². The van der Waals surface area contributed by atoms with Crippen LogP contribution in [0.2, 0.25) is 0 Å². The van der Waals surface area contributed by atoms with Crippen molar-refractivity contribution in [1.29, 1.82) is 0 Å². The first kappa shape index (κ1) is 11.2. The first-order valence-corrected chi connectivity index (χ1v) is 6.17. The third kappa shape index (κ3) is 2.22. The fraction of sp³-hybridized carbons (Fsp3) is 0.385. The standard InChI is InChI=1S/C13H15N3O2/c1-9-2-6-11(7-3-9)16-12(13(17)18-15-16)8-14-10-4-5-10/h2-3,6-7,10,14H,4-5,8H2,1H3/p+1. The van der Waals surface area contributed by atoms with Gasteiger partial charge in [0.1, 0.15) is 0 Å². The molecular formula is C13H16N3O2+. The fourth-order valence-electron chi connectivity index (χ4n) is 1.87. The maximum atomic E-state index is 11.7. The van der Waals surface area contributed by atoms with Crippen LogP contribution < -0.4 is 15.6 Å². The molecule has 0 unspecified atom stereocenters. The number of nitrogens with one attached hydrogen (secondary N) is 2. The van der Waals surface area contributed by atoms with Gasteiger partial charge in [-0.05, 0) is 29.7 Å². The van der Waals surface area contributed by atoms with Crippen molar-refractivity contribution in [3.05, 3.63) is 45.9 Å². The minimum atomic E-state index is -0.316. The fourth-order valence-corrected chi connectivity index (χ4v) is 1.87. The van der Waals surface area contributed by atoms with E-state index in [4.69, 9.17) is 4.52 Å². The zero-order valence-electron chi connectivity index (χ0n) is 10.3. The molecule has 94 valence electrons. The maximum Gasteiger partial charge on any atom is 0.431 e. The quantitative estimate of drug-likeness (QED) is 0.785. The summed E-state index contributed by atoms with van der Waals surface area (Å²) in [5.74, 6) is 0. The van der Waals surface area contributed by atoms with Crippen molar-refractivity contribution in [2.24, 2.45) is 0 Å². The van der Waals surface area contributed by atoms with E-state index in [2.05, 4.69) is 10.6 Å². The Labute approximate surface area is 104 Å². The summed E-state index contributed by atoms with van der Waals surface area (Å²) in [5.41, 5.74) is 2.37. The third-order valence-electron chi connectivity index (χ3n) is 3.16. The number of aromatic amines is 1. The summed E-state index contributed by atoms with van der Waals surface area (Å²) in [6, 6.07) is 8.49. The van der Waals surface area contributed by atoms with Gasteiger partial charge in [0.15, 0.2) is 0 Å². The van der Waals surface area contributed by atoms with E-state index in [1.165, 1.54) is 18.4 Å². The Kier molecular flexibility index (Phi) is 2.76. The largest absolute Gasteiger partial charge is 0.431 e. The molecule has 0 aliphatic heterocycles. The van der Waals surface area contributed by atoms with E-state index >= 15 is 0 Å². The van der Waals surface area contributed by atoms with Crippen LogP contribution in [0.5, 0.6) is 0 Å². The van der Waals surface area contributed by atoms with E-state index in [-0.39, 0.29) is 5.63 Å². The van der Waals surface area contributed by atoms with Gasteiger partial charge in [0.05, 0.1) is 6.54 Å². The van der Waals surface area contributed by atoms with Gasteiger partial charge in [-0.15, -0.1) is 0 Å². The van der Waals surface area contributed by atoms with Crippen LogP contribution in [0.1, 0.15) is 24.1 Å². The van der Waals surface area contributed by atoms with E-state index in [1.54, 1.807) is 4.68 Å². The molecule has 0 bridgehead atoms. The average molecular weight is 246 g/mol. The Morgan fingerprint density at radius 2 is 2.11 bits per heavy atom. The molecule has 1 aliphatic rings. The minimum Gasteiger partial charge on any atom is -0.304 e. The van der Waals surface area contributed by atoms with Crippen LogP contribution in [0.3, 0.4) is 0 Å². The van der Waals surface area contributed by atoms with Crippen molar-refractivity contribution in [3.63, 3.8) is 0 Å². The Morgan fingerprint density at radius 3 is 2.78 bits per heavy atom. The first-order chi connectivity index (χ1) is 8.74. The van der Waals surface area contributed by atoms with Gasteiger partial charge in [0, 0.05) is 18.2 Å². The molecule has 1 saturated carbocycles. The van der Waals surface area contributed by atoms with Gasteiger partial charge in [-0.1, -0.05) is 17.7 Å². The summed E-state index contributed by atoms with van der Waals surface area (Å²) < 4.78 is 6.57. The molecule has 2 aromatic rings. The molecular weight excluding hydrogens is 230 g/mol. The predicted molar refractivity (Wildman–Crippen MR) is 65.5 cm³/mol. The van der Waals surface area contributed by atoms with Crippen LogP contribution in [0, 0.1) is 6.92 Å². The lowest BCUT2D eigenvalue weighted by Gasteiger charge is -1.97. The van der Waals surface area contributed by atoms with Crippen LogP contribution in [-0.4, -0.2) is 11.3 Å². The number of hydrogen-bond acceptors (Lipinski definition) is 3. The molecule has 1 aliphatic carbocycles. The summed E-state index contributed by atoms with van der Waals surface area (Å²) >= 11 is 0. The predicted octanol–water partition coefficient (Wildman–Crippen LogP) is 0.805. The molecule has 0 radical (unpaired) electrons. The number of H-pyrrole nitrogens is 1. The molecule has 5 nitrogen and oxygen atoms in total. The van der Waals surface area contributed by atoms with Crippen molar-refractivity contribution in [2.75, 3.05) is 0 Å². The monoisotopic (exact) mass is 246 g/mol. The zero-order valence-corrected chi connectivity index (χ0v) is 10.3. The summed E-state index contributed by atoms with van der Waals surface area (Å²) in [7, 11) is 0. The van der Waals surface area contributed by atoms with Crippen LogP contribution in [-0.2, 0) is 6.54 Å². The molecule has 0 spiro atoms. The van der Waals surface area contributed by atoms with Gasteiger partial charge in [-0.3, -0.25) is 4.52 Å².